The monoisotopic (exact) mass is 268 g/mol. The Hall–Kier alpha value is -1.98. The van der Waals surface area contributed by atoms with Crippen molar-refractivity contribution in [2.75, 3.05) is 13.1 Å². The highest BCUT2D eigenvalue weighted by Gasteiger charge is 2.28. The van der Waals surface area contributed by atoms with Crippen molar-refractivity contribution in [3.8, 4) is 0 Å². The van der Waals surface area contributed by atoms with E-state index >= 15 is 0 Å². The second kappa shape index (κ2) is 5.34. The maximum absolute atomic E-state index is 13.6. The Kier molecular flexibility index (Phi) is 3.78. The molecule has 1 N–H and O–H groups in total. The molecule has 0 aliphatic carbocycles. The largest absolute Gasteiger partial charge is 0.411 e. The smallest absolute Gasteiger partial charge is 0.256 e. The van der Waals surface area contributed by atoms with Gasteiger partial charge in [0.2, 0.25) is 0 Å². The fraction of sp³-hybridized carbons (Fsp3) is 0.385. The molecule has 2 rings (SSSR count). The molecule has 4 nitrogen and oxygen atoms in total. The minimum Gasteiger partial charge on any atom is -0.411 e. The van der Waals surface area contributed by atoms with Crippen LogP contribution in [0, 0.1) is 17.6 Å². The van der Waals surface area contributed by atoms with Crippen molar-refractivity contribution in [2.45, 2.75) is 13.3 Å². The van der Waals surface area contributed by atoms with E-state index in [0.29, 0.717) is 25.2 Å². The lowest BCUT2D eigenvalue weighted by molar-refractivity contribution is 0.0728. The van der Waals surface area contributed by atoms with E-state index in [0.717, 1.165) is 6.07 Å². The van der Waals surface area contributed by atoms with Gasteiger partial charge in [-0.15, -0.1) is 0 Å². The maximum atomic E-state index is 13.6. The lowest BCUT2D eigenvalue weighted by Gasteiger charge is -2.31. The number of benzene rings is 1. The molecule has 0 radical (unpaired) electrons. The maximum Gasteiger partial charge on any atom is 0.256 e. The number of piperidine rings is 1. The Bertz CT molecular complexity index is 531. The first-order valence-corrected chi connectivity index (χ1v) is 5.98. The highest BCUT2D eigenvalue weighted by molar-refractivity contribution is 5.96. The Balaban J connectivity index is 2.19. The van der Waals surface area contributed by atoms with E-state index in [1.165, 1.54) is 17.0 Å². The van der Waals surface area contributed by atoms with E-state index in [9.17, 15) is 13.6 Å². The lowest BCUT2D eigenvalue weighted by Crippen LogP contribution is -2.43. The summed E-state index contributed by atoms with van der Waals surface area (Å²) in [6.45, 7) is 2.48. The Morgan fingerprint density at radius 1 is 1.47 bits per heavy atom. The second-order valence-corrected chi connectivity index (χ2v) is 4.59. The summed E-state index contributed by atoms with van der Waals surface area (Å²) in [4.78, 5) is 13.6. The van der Waals surface area contributed by atoms with Gasteiger partial charge in [-0.25, -0.2) is 8.78 Å². The summed E-state index contributed by atoms with van der Waals surface area (Å²) in [5.41, 5.74) is 0.348. The number of carbonyl (C=O) groups is 1. The zero-order valence-corrected chi connectivity index (χ0v) is 10.4. The number of nitrogens with zero attached hydrogens (tertiary/aromatic N) is 2. The van der Waals surface area contributed by atoms with Crippen LogP contribution < -0.4 is 0 Å². The summed E-state index contributed by atoms with van der Waals surface area (Å²) in [6, 6.07) is 3.54. The molecule has 1 fully saturated rings. The fourth-order valence-corrected chi connectivity index (χ4v) is 2.20. The summed E-state index contributed by atoms with van der Waals surface area (Å²) in [5.74, 6) is -2.80. The number of hydrogen-bond donors (Lipinski definition) is 1. The van der Waals surface area contributed by atoms with E-state index in [-0.39, 0.29) is 11.5 Å². The minimum absolute atomic E-state index is 0.0979. The first-order chi connectivity index (χ1) is 9.04. The number of amides is 1. The standard InChI is InChI=1S/C13H14F2N2O2/c1-8-7-17(6-5-11(8)16-19)13(18)9-3-2-4-10(14)12(9)15/h2-4,8,19H,5-7H2,1H3/b16-11+. The molecular formula is C13H14F2N2O2. The summed E-state index contributed by atoms with van der Waals surface area (Å²) in [6.07, 6.45) is 0.431. The highest BCUT2D eigenvalue weighted by Crippen LogP contribution is 2.19. The molecule has 1 saturated heterocycles. The molecule has 1 unspecified atom stereocenters. The van der Waals surface area contributed by atoms with Crippen LogP contribution in [-0.2, 0) is 0 Å². The van der Waals surface area contributed by atoms with E-state index in [1.807, 2.05) is 6.92 Å². The average Bonchev–Trinajstić information content (AvgIpc) is 2.41. The van der Waals surface area contributed by atoms with Gasteiger partial charge in [-0.1, -0.05) is 18.1 Å². The van der Waals surface area contributed by atoms with Crippen LogP contribution in [0.4, 0.5) is 8.78 Å². The molecule has 6 heteroatoms. The minimum atomic E-state index is -1.12. The predicted octanol–water partition coefficient (Wildman–Crippen LogP) is 2.28. The summed E-state index contributed by atoms with van der Waals surface area (Å²) < 4.78 is 26.7. The van der Waals surface area contributed by atoms with Gasteiger partial charge in [0, 0.05) is 25.4 Å². The van der Waals surface area contributed by atoms with Gasteiger partial charge in [-0.05, 0) is 12.1 Å². The number of hydrogen-bond acceptors (Lipinski definition) is 3. The Morgan fingerprint density at radius 3 is 2.84 bits per heavy atom. The SMILES string of the molecule is CC1CN(C(=O)c2cccc(F)c2F)CC/C1=N\O. The van der Waals surface area contributed by atoms with E-state index in [2.05, 4.69) is 5.16 Å². The van der Waals surface area contributed by atoms with Crippen molar-refractivity contribution < 1.29 is 18.8 Å². The van der Waals surface area contributed by atoms with Crippen molar-refractivity contribution in [2.24, 2.45) is 11.1 Å². The molecule has 1 aliphatic heterocycles. The van der Waals surface area contributed by atoms with E-state index in [4.69, 9.17) is 5.21 Å². The molecule has 0 spiro atoms. The Morgan fingerprint density at radius 2 is 2.21 bits per heavy atom. The average molecular weight is 268 g/mol. The number of halogens is 2. The van der Waals surface area contributed by atoms with Crippen LogP contribution in [0.1, 0.15) is 23.7 Å². The third-order valence-corrected chi connectivity index (χ3v) is 3.30. The van der Waals surface area contributed by atoms with Crippen LogP contribution in [-0.4, -0.2) is 34.8 Å². The number of carbonyl (C=O) groups excluding carboxylic acids is 1. The predicted molar refractivity (Wildman–Crippen MR) is 65.3 cm³/mol. The lowest BCUT2D eigenvalue weighted by atomic mass is 9.97. The quantitative estimate of drug-likeness (QED) is 0.627. The van der Waals surface area contributed by atoms with Crippen LogP contribution in [0.15, 0.2) is 23.4 Å². The van der Waals surface area contributed by atoms with Crippen LogP contribution in [0.25, 0.3) is 0 Å². The van der Waals surface area contributed by atoms with Crippen LogP contribution >= 0.6 is 0 Å². The number of oxime groups is 1. The molecule has 102 valence electrons. The zero-order valence-electron chi connectivity index (χ0n) is 10.4. The van der Waals surface area contributed by atoms with Crippen molar-refractivity contribution in [1.82, 2.24) is 4.90 Å². The molecule has 1 aliphatic rings. The Labute approximate surface area is 109 Å². The highest BCUT2D eigenvalue weighted by atomic mass is 19.2. The number of rotatable bonds is 1. The summed E-state index contributed by atoms with van der Waals surface area (Å²) in [5, 5.41) is 11.9. The number of likely N-dealkylation sites (tertiary alicyclic amines) is 1. The zero-order chi connectivity index (χ0) is 14.0. The van der Waals surface area contributed by atoms with Gasteiger partial charge in [0.1, 0.15) is 0 Å². The third-order valence-electron chi connectivity index (χ3n) is 3.30. The van der Waals surface area contributed by atoms with Crippen molar-refractivity contribution >= 4 is 11.6 Å². The first-order valence-electron chi connectivity index (χ1n) is 5.98. The van der Waals surface area contributed by atoms with E-state index < -0.39 is 17.5 Å². The summed E-state index contributed by atoms with van der Waals surface area (Å²) in [7, 11) is 0. The molecule has 1 heterocycles. The van der Waals surface area contributed by atoms with Crippen molar-refractivity contribution in [3.05, 3.63) is 35.4 Å². The normalized spacial score (nSPS) is 21.7. The molecule has 1 aromatic rings. The molecule has 1 atom stereocenters. The topological polar surface area (TPSA) is 52.9 Å². The fourth-order valence-electron chi connectivity index (χ4n) is 2.20. The van der Waals surface area contributed by atoms with Gasteiger partial charge in [0.25, 0.3) is 5.91 Å². The molecule has 1 amide bonds. The van der Waals surface area contributed by atoms with Crippen molar-refractivity contribution in [3.63, 3.8) is 0 Å². The van der Waals surface area contributed by atoms with Gasteiger partial charge in [-0.3, -0.25) is 4.79 Å². The molecule has 19 heavy (non-hydrogen) atoms. The van der Waals surface area contributed by atoms with Gasteiger partial charge in [0.15, 0.2) is 11.6 Å². The van der Waals surface area contributed by atoms with Crippen LogP contribution in [0.3, 0.4) is 0 Å². The van der Waals surface area contributed by atoms with Crippen LogP contribution in [0.5, 0.6) is 0 Å². The summed E-state index contributed by atoms with van der Waals surface area (Å²) >= 11 is 0. The molecule has 1 aromatic carbocycles. The second-order valence-electron chi connectivity index (χ2n) is 4.59. The van der Waals surface area contributed by atoms with Crippen molar-refractivity contribution in [1.29, 1.82) is 0 Å². The van der Waals surface area contributed by atoms with Gasteiger partial charge in [0.05, 0.1) is 11.3 Å². The van der Waals surface area contributed by atoms with Crippen LogP contribution in [0.2, 0.25) is 0 Å². The molecule has 0 saturated carbocycles. The first kappa shape index (κ1) is 13.5. The molecule has 0 bridgehead atoms. The molecular weight excluding hydrogens is 254 g/mol. The third kappa shape index (κ3) is 2.57. The van der Waals surface area contributed by atoms with Gasteiger partial charge in [-0.2, -0.15) is 0 Å². The van der Waals surface area contributed by atoms with Gasteiger partial charge < -0.3 is 10.1 Å². The molecule has 0 aromatic heterocycles. The van der Waals surface area contributed by atoms with Gasteiger partial charge >= 0.3 is 0 Å². The van der Waals surface area contributed by atoms with E-state index in [1.54, 1.807) is 0 Å².